The number of aromatic amines is 1. The van der Waals surface area contributed by atoms with E-state index in [2.05, 4.69) is 4.98 Å². The van der Waals surface area contributed by atoms with Gasteiger partial charge in [-0.1, -0.05) is 0 Å². The van der Waals surface area contributed by atoms with E-state index in [9.17, 15) is 13.2 Å². The van der Waals surface area contributed by atoms with Crippen LogP contribution in [-0.2, 0) is 10.0 Å². The molecule has 0 radical (unpaired) electrons. The third-order valence-electron chi connectivity index (χ3n) is 3.25. The maximum absolute atomic E-state index is 12.3. The van der Waals surface area contributed by atoms with E-state index in [0.717, 1.165) is 6.42 Å². The van der Waals surface area contributed by atoms with Crippen LogP contribution in [0.3, 0.4) is 0 Å². The smallest absolute Gasteiger partial charge is 0.247 e. The van der Waals surface area contributed by atoms with Crippen molar-refractivity contribution in [1.82, 2.24) is 14.2 Å². The van der Waals surface area contributed by atoms with Crippen LogP contribution in [-0.4, -0.2) is 55.8 Å². The Morgan fingerprint density at radius 2 is 2.11 bits per heavy atom. The fraction of sp³-hybridized carbons (Fsp3) is 0.545. The standard InChI is InChI=1S/C11H17N3O3S/c1-13(2)9-5-6-14(8-9)18(16,17)10-3-4-11(15)12-7-10/h3-4,7,9H,5-6,8H2,1-2H3,(H,12,15). The molecular weight excluding hydrogens is 254 g/mol. The summed E-state index contributed by atoms with van der Waals surface area (Å²) in [5.74, 6) is 0. The Kier molecular flexibility index (Phi) is 3.56. The Morgan fingerprint density at radius 3 is 2.61 bits per heavy atom. The van der Waals surface area contributed by atoms with Gasteiger partial charge in [0, 0.05) is 31.4 Å². The van der Waals surface area contributed by atoms with Gasteiger partial charge in [0.15, 0.2) is 0 Å². The molecule has 0 spiro atoms. The molecule has 1 aliphatic heterocycles. The Morgan fingerprint density at radius 1 is 1.39 bits per heavy atom. The first-order valence-corrected chi connectivity index (χ1v) is 7.20. The van der Waals surface area contributed by atoms with Crippen LogP contribution in [0.2, 0.25) is 0 Å². The summed E-state index contributed by atoms with van der Waals surface area (Å²) in [4.78, 5) is 15.5. The van der Waals surface area contributed by atoms with Gasteiger partial charge >= 0.3 is 0 Å². The molecular formula is C11H17N3O3S. The summed E-state index contributed by atoms with van der Waals surface area (Å²) in [6.07, 6.45) is 2.08. The van der Waals surface area contributed by atoms with E-state index in [-0.39, 0.29) is 16.5 Å². The molecule has 1 unspecified atom stereocenters. The van der Waals surface area contributed by atoms with Crippen LogP contribution in [0.25, 0.3) is 0 Å². The van der Waals surface area contributed by atoms with Crippen LogP contribution in [0, 0.1) is 0 Å². The summed E-state index contributed by atoms with van der Waals surface area (Å²) in [7, 11) is 0.405. The second kappa shape index (κ2) is 4.83. The van der Waals surface area contributed by atoms with Crippen molar-refractivity contribution in [3.8, 4) is 0 Å². The lowest BCUT2D eigenvalue weighted by Crippen LogP contribution is -2.34. The van der Waals surface area contributed by atoms with Gasteiger partial charge in [-0.25, -0.2) is 8.42 Å². The molecule has 0 bridgehead atoms. The number of rotatable bonds is 3. The Labute approximate surface area is 106 Å². The van der Waals surface area contributed by atoms with Crippen molar-refractivity contribution in [3.05, 3.63) is 28.7 Å². The molecule has 18 heavy (non-hydrogen) atoms. The van der Waals surface area contributed by atoms with Gasteiger partial charge in [-0.3, -0.25) is 4.79 Å². The molecule has 0 aliphatic carbocycles. The summed E-state index contributed by atoms with van der Waals surface area (Å²) in [5.41, 5.74) is -0.304. The first-order valence-electron chi connectivity index (χ1n) is 5.76. The number of pyridine rings is 1. The predicted molar refractivity (Wildman–Crippen MR) is 67.9 cm³/mol. The highest BCUT2D eigenvalue weighted by molar-refractivity contribution is 7.89. The summed E-state index contributed by atoms with van der Waals surface area (Å²) in [6, 6.07) is 2.83. The summed E-state index contributed by atoms with van der Waals surface area (Å²) >= 11 is 0. The van der Waals surface area contributed by atoms with Gasteiger partial charge in [-0.2, -0.15) is 4.31 Å². The SMILES string of the molecule is CN(C)C1CCN(S(=O)(=O)c2ccc(=O)[nH]c2)C1. The van der Waals surface area contributed by atoms with E-state index in [1.54, 1.807) is 0 Å². The number of hydrogen-bond donors (Lipinski definition) is 1. The van der Waals surface area contributed by atoms with Crippen LogP contribution in [0.4, 0.5) is 0 Å². The zero-order chi connectivity index (χ0) is 13.3. The summed E-state index contributed by atoms with van der Waals surface area (Å²) < 4.78 is 26.1. The van der Waals surface area contributed by atoms with E-state index in [1.807, 2.05) is 19.0 Å². The van der Waals surface area contributed by atoms with Crippen molar-refractivity contribution in [2.24, 2.45) is 0 Å². The lowest BCUT2D eigenvalue weighted by molar-refractivity contribution is 0.302. The molecule has 1 fully saturated rings. The van der Waals surface area contributed by atoms with E-state index in [0.29, 0.717) is 13.1 Å². The van der Waals surface area contributed by atoms with Gasteiger partial charge in [0.2, 0.25) is 15.6 Å². The minimum atomic E-state index is -3.49. The maximum atomic E-state index is 12.3. The predicted octanol–water partition coefficient (Wildman–Crippen LogP) is -0.300. The summed E-state index contributed by atoms with van der Waals surface area (Å²) in [6.45, 7) is 1.01. The maximum Gasteiger partial charge on any atom is 0.247 e. The molecule has 0 amide bonds. The van der Waals surface area contributed by atoms with Crippen molar-refractivity contribution in [1.29, 1.82) is 0 Å². The van der Waals surface area contributed by atoms with Crippen molar-refractivity contribution in [3.63, 3.8) is 0 Å². The molecule has 1 aromatic heterocycles. The second-order valence-electron chi connectivity index (χ2n) is 4.66. The molecule has 6 nitrogen and oxygen atoms in total. The fourth-order valence-electron chi connectivity index (χ4n) is 2.06. The van der Waals surface area contributed by atoms with Crippen LogP contribution in [0.1, 0.15) is 6.42 Å². The van der Waals surface area contributed by atoms with E-state index in [4.69, 9.17) is 0 Å². The summed E-state index contributed by atoms with van der Waals surface area (Å²) in [5, 5.41) is 0. The van der Waals surface area contributed by atoms with Crippen LogP contribution in [0.5, 0.6) is 0 Å². The first-order chi connectivity index (χ1) is 8.41. The molecule has 2 heterocycles. The lowest BCUT2D eigenvalue weighted by Gasteiger charge is -2.20. The van der Waals surface area contributed by atoms with E-state index in [1.165, 1.54) is 22.6 Å². The molecule has 1 N–H and O–H groups in total. The topological polar surface area (TPSA) is 73.5 Å². The zero-order valence-electron chi connectivity index (χ0n) is 10.5. The monoisotopic (exact) mass is 271 g/mol. The van der Waals surface area contributed by atoms with Gasteiger partial charge in [0.05, 0.1) is 4.90 Å². The number of sulfonamides is 1. The highest BCUT2D eigenvalue weighted by Crippen LogP contribution is 2.21. The van der Waals surface area contributed by atoms with Crippen molar-refractivity contribution in [2.75, 3.05) is 27.2 Å². The van der Waals surface area contributed by atoms with E-state index >= 15 is 0 Å². The van der Waals surface area contributed by atoms with Gasteiger partial charge in [-0.15, -0.1) is 0 Å². The normalized spacial score (nSPS) is 21.6. The molecule has 1 aromatic rings. The Balaban J connectivity index is 2.23. The van der Waals surface area contributed by atoms with Gasteiger partial charge in [0.1, 0.15) is 0 Å². The first kappa shape index (κ1) is 13.3. The average Bonchev–Trinajstić information content (AvgIpc) is 2.79. The number of aromatic nitrogens is 1. The largest absolute Gasteiger partial charge is 0.328 e. The number of H-pyrrole nitrogens is 1. The molecule has 7 heteroatoms. The van der Waals surface area contributed by atoms with Crippen LogP contribution >= 0.6 is 0 Å². The van der Waals surface area contributed by atoms with E-state index < -0.39 is 10.0 Å². The molecule has 1 aliphatic rings. The van der Waals surface area contributed by atoms with Crippen LogP contribution < -0.4 is 5.56 Å². The Bertz CT molecular complexity index is 559. The van der Waals surface area contributed by atoms with Crippen molar-refractivity contribution in [2.45, 2.75) is 17.4 Å². The quantitative estimate of drug-likeness (QED) is 0.819. The number of likely N-dealkylation sites (N-methyl/N-ethyl adjacent to an activating group) is 1. The highest BCUT2D eigenvalue weighted by atomic mass is 32.2. The number of hydrogen-bond acceptors (Lipinski definition) is 4. The minimum absolute atomic E-state index is 0.140. The Hall–Kier alpha value is -1.18. The minimum Gasteiger partial charge on any atom is -0.328 e. The molecule has 1 atom stereocenters. The third-order valence-corrected chi connectivity index (χ3v) is 5.11. The van der Waals surface area contributed by atoms with Crippen molar-refractivity contribution >= 4 is 10.0 Å². The van der Waals surface area contributed by atoms with Gasteiger partial charge < -0.3 is 9.88 Å². The van der Waals surface area contributed by atoms with Crippen LogP contribution in [0.15, 0.2) is 28.0 Å². The highest BCUT2D eigenvalue weighted by Gasteiger charge is 2.33. The second-order valence-corrected chi connectivity index (χ2v) is 6.60. The van der Waals surface area contributed by atoms with Gasteiger partial charge in [0.25, 0.3) is 0 Å². The number of nitrogens with one attached hydrogen (secondary N) is 1. The third kappa shape index (κ3) is 2.47. The molecule has 0 saturated carbocycles. The lowest BCUT2D eigenvalue weighted by atomic mass is 10.2. The molecule has 0 aromatic carbocycles. The molecule has 100 valence electrons. The van der Waals surface area contributed by atoms with Gasteiger partial charge in [-0.05, 0) is 26.6 Å². The molecule has 2 rings (SSSR count). The molecule has 1 saturated heterocycles. The number of nitrogens with zero attached hydrogens (tertiary/aromatic N) is 2. The van der Waals surface area contributed by atoms with Crippen molar-refractivity contribution < 1.29 is 8.42 Å². The average molecular weight is 271 g/mol. The fourth-order valence-corrected chi connectivity index (χ4v) is 3.52. The zero-order valence-corrected chi connectivity index (χ0v) is 11.3.